The van der Waals surface area contributed by atoms with Crippen molar-refractivity contribution in [3.05, 3.63) is 59.5 Å². The van der Waals surface area contributed by atoms with E-state index in [0.29, 0.717) is 11.1 Å². The van der Waals surface area contributed by atoms with Crippen LogP contribution in [0.25, 0.3) is 10.9 Å². The number of benzene rings is 2. The number of nitrogens with one attached hydrogen (secondary N) is 1. The molecule has 0 bridgehead atoms. The van der Waals surface area contributed by atoms with E-state index >= 15 is 0 Å². The topological polar surface area (TPSA) is 71.5 Å². The number of aromatic amines is 1. The van der Waals surface area contributed by atoms with E-state index in [-0.39, 0.29) is 36.3 Å². The maximum absolute atomic E-state index is 13.4. The van der Waals surface area contributed by atoms with Gasteiger partial charge in [-0.25, -0.2) is 4.39 Å². The molecule has 0 saturated heterocycles. The fourth-order valence-corrected chi connectivity index (χ4v) is 2.76. The number of ketones is 1. The number of halogens is 4. The number of fused-ring (bicyclic) bond motifs is 1. The molecule has 0 aliphatic heterocycles. The second kappa shape index (κ2) is 7.89. The van der Waals surface area contributed by atoms with Crippen LogP contribution in [-0.2, 0) is 6.42 Å². The van der Waals surface area contributed by atoms with Crippen LogP contribution in [-0.4, -0.2) is 35.4 Å². The molecule has 0 aliphatic rings. The van der Waals surface area contributed by atoms with Crippen molar-refractivity contribution in [3.8, 4) is 11.5 Å². The number of Topliss-reactive ketones (excluding diaryl/α,β-unsaturated/α-hetero) is 1. The molecule has 1 heterocycles. The van der Waals surface area contributed by atoms with Gasteiger partial charge < -0.3 is 19.6 Å². The van der Waals surface area contributed by atoms with Gasteiger partial charge in [-0.05, 0) is 24.3 Å². The number of aliphatic hydroxyl groups excluding tert-OH is 1. The largest absolute Gasteiger partial charge is 0.573 e. The molecule has 28 heavy (non-hydrogen) atoms. The molecule has 0 amide bonds. The van der Waals surface area contributed by atoms with E-state index in [2.05, 4.69) is 9.72 Å². The highest BCUT2D eigenvalue weighted by Gasteiger charge is 2.31. The van der Waals surface area contributed by atoms with Crippen LogP contribution in [0, 0.1) is 5.82 Å². The summed E-state index contributed by atoms with van der Waals surface area (Å²) in [5, 5.41) is 9.13. The van der Waals surface area contributed by atoms with E-state index in [1.807, 2.05) is 0 Å². The highest BCUT2D eigenvalue weighted by Crippen LogP contribution is 2.29. The predicted octanol–water partition coefficient (Wildman–Crippen LogP) is 4.00. The van der Waals surface area contributed by atoms with Gasteiger partial charge in [0.25, 0.3) is 0 Å². The first-order valence-corrected chi connectivity index (χ1v) is 8.19. The number of carbonyl (C=O) groups is 1. The van der Waals surface area contributed by atoms with Crippen molar-refractivity contribution in [1.82, 2.24) is 4.98 Å². The van der Waals surface area contributed by atoms with Crippen molar-refractivity contribution in [3.63, 3.8) is 0 Å². The summed E-state index contributed by atoms with van der Waals surface area (Å²) in [6.45, 7) is -0.357. The summed E-state index contributed by atoms with van der Waals surface area (Å²) in [5.74, 6) is -1.30. The van der Waals surface area contributed by atoms with E-state index in [1.165, 1.54) is 24.4 Å². The zero-order valence-electron chi connectivity index (χ0n) is 14.3. The average Bonchev–Trinajstić information content (AvgIpc) is 3.03. The van der Waals surface area contributed by atoms with Crippen LogP contribution in [0.2, 0.25) is 0 Å². The molecule has 0 spiro atoms. The maximum Gasteiger partial charge on any atom is 0.573 e. The molecule has 0 radical (unpaired) electrons. The lowest BCUT2D eigenvalue weighted by Gasteiger charge is -2.11. The van der Waals surface area contributed by atoms with Gasteiger partial charge in [0.2, 0.25) is 0 Å². The molecule has 3 rings (SSSR count). The van der Waals surface area contributed by atoms with Crippen LogP contribution in [0.4, 0.5) is 17.6 Å². The number of ether oxygens (including phenoxy) is 2. The zero-order chi connectivity index (χ0) is 20.3. The normalized spacial score (nSPS) is 11.6. The first-order valence-electron chi connectivity index (χ1n) is 8.19. The number of carbonyl (C=O) groups excluding carboxylic acids is 1. The summed E-state index contributed by atoms with van der Waals surface area (Å²) < 4.78 is 59.9. The molecule has 9 heteroatoms. The molecule has 2 aromatic carbocycles. The Kier molecular flexibility index (Phi) is 5.55. The van der Waals surface area contributed by atoms with Crippen molar-refractivity contribution < 1.29 is 36.9 Å². The van der Waals surface area contributed by atoms with Crippen LogP contribution in [0.3, 0.4) is 0 Å². The van der Waals surface area contributed by atoms with Gasteiger partial charge in [0.1, 0.15) is 23.9 Å². The Morgan fingerprint density at radius 2 is 1.93 bits per heavy atom. The molecule has 3 aromatic rings. The fraction of sp³-hybridized carbons (Fsp3) is 0.211. The minimum absolute atomic E-state index is 0.0735. The van der Waals surface area contributed by atoms with E-state index in [4.69, 9.17) is 9.84 Å². The summed E-state index contributed by atoms with van der Waals surface area (Å²) in [6, 6.07) is 7.29. The number of aromatic nitrogens is 1. The number of hydrogen-bond donors (Lipinski definition) is 2. The SMILES string of the molecule is O=C(Cc1ccc(F)cc1OCCO)c1c[nH]c2ccc(OC(F)(F)F)cc12. The van der Waals surface area contributed by atoms with Crippen molar-refractivity contribution in [2.75, 3.05) is 13.2 Å². The minimum atomic E-state index is -4.85. The number of hydrogen-bond acceptors (Lipinski definition) is 4. The van der Waals surface area contributed by atoms with Gasteiger partial charge in [-0.15, -0.1) is 13.2 Å². The molecule has 0 saturated carbocycles. The monoisotopic (exact) mass is 397 g/mol. The molecule has 0 aliphatic carbocycles. The smallest absolute Gasteiger partial charge is 0.491 e. The summed E-state index contributed by atoms with van der Waals surface area (Å²) in [6.07, 6.45) is -3.62. The molecule has 148 valence electrons. The minimum Gasteiger partial charge on any atom is -0.491 e. The lowest BCUT2D eigenvalue weighted by molar-refractivity contribution is -0.274. The van der Waals surface area contributed by atoms with Crippen LogP contribution in [0.5, 0.6) is 11.5 Å². The molecule has 1 aromatic heterocycles. The standard InChI is InChI=1S/C19H15F4NO4/c20-12-2-1-11(18(8-12)27-6-5-25)7-17(26)15-10-24-16-4-3-13(9-14(15)16)28-19(21,22)23/h1-4,8-10,24-25H,5-7H2. The van der Waals surface area contributed by atoms with Gasteiger partial charge in [-0.1, -0.05) is 6.07 Å². The van der Waals surface area contributed by atoms with Gasteiger partial charge in [0.15, 0.2) is 5.78 Å². The first-order chi connectivity index (χ1) is 13.3. The van der Waals surface area contributed by atoms with Crippen molar-refractivity contribution in [1.29, 1.82) is 0 Å². The third-order valence-corrected chi connectivity index (χ3v) is 3.92. The summed E-state index contributed by atoms with van der Waals surface area (Å²) in [4.78, 5) is 15.5. The Morgan fingerprint density at radius 3 is 2.64 bits per heavy atom. The van der Waals surface area contributed by atoms with Crippen LogP contribution in [0.15, 0.2) is 42.6 Å². The molecular weight excluding hydrogens is 382 g/mol. The lowest BCUT2D eigenvalue weighted by atomic mass is 10.0. The van der Waals surface area contributed by atoms with Gasteiger partial charge in [-0.3, -0.25) is 4.79 Å². The Bertz CT molecular complexity index is 997. The highest BCUT2D eigenvalue weighted by atomic mass is 19.4. The Morgan fingerprint density at radius 1 is 1.14 bits per heavy atom. The molecule has 2 N–H and O–H groups in total. The quantitative estimate of drug-likeness (QED) is 0.467. The first kappa shape index (κ1) is 19.7. The van der Waals surface area contributed by atoms with Gasteiger partial charge in [0, 0.05) is 40.7 Å². The van der Waals surface area contributed by atoms with Gasteiger partial charge in [0.05, 0.1) is 6.61 Å². The second-order valence-electron chi connectivity index (χ2n) is 5.88. The number of H-pyrrole nitrogens is 1. The zero-order valence-corrected chi connectivity index (χ0v) is 14.3. The maximum atomic E-state index is 13.4. The summed E-state index contributed by atoms with van der Waals surface area (Å²) >= 11 is 0. The highest BCUT2D eigenvalue weighted by molar-refractivity contribution is 6.09. The third-order valence-electron chi connectivity index (χ3n) is 3.92. The molecule has 5 nitrogen and oxygen atoms in total. The van der Waals surface area contributed by atoms with Crippen molar-refractivity contribution in [2.45, 2.75) is 12.8 Å². The van der Waals surface area contributed by atoms with Crippen LogP contribution in [0.1, 0.15) is 15.9 Å². The van der Waals surface area contributed by atoms with E-state index in [0.717, 1.165) is 18.2 Å². The Hall–Kier alpha value is -3.07. The summed E-state index contributed by atoms with van der Waals surface area (Å²) in [7, 11) is 0. The fourth-order valence-electron chi connectivity index (χ4n) is 2.76. The summed E-state index contributed by atoms with van der Waals surface area (Å²) in [5.41, 5.74) is 1.02. The van der Waals surface area contributed by atoms with E-state index in [1.54, 1.807) is 0 Å². The number of aliphatic hydroxyl groups is 1. The average molecular weight is 397 g/mol. The van der Waals surface area contributed by atoms with Crippen molar-refractivity contribution >= 4 is 16.7 Å². The second-order valence-corrected chi connectivity index (χ2v) is 5.88. The predicted molar refractivity (Wildman–Crippen MR) is 92.0 cm³/mol. The van der Waals surface area contributed by atoms with E-state index < -0.39 is 23.7 Å². The van der Waals surface area contributed by atoms with Crippen LogP contribution >= 0.6 is 0 Å². The van der Waals surface area contributed by atoms with Gasteiger partial charge >= 0.3 is 6.36 Å². The van der Waals surface area contributed by atoms with E-state index in [9.17, 15) is 22.4 Å². The third kappa shape index (κ3) is 4.61. The molecule has 0 unspecified atom stereocenters. The Labute approximate surface area is 156 Å². The Balaban J connectivity index is 1.89. The number of alkyl halides is 3. The number of rotatable bonds is 7. The van der Waals surface area contributed by atoms with Gasteiger partial charge in [-0.2, -0.15) is 0 Å². The molecule has 0 fully saturated rings. The van der Waals surface area contributed by atoms with Crippen LogP contribution < -0.4 is 9.47 Å². The molecule has 0 atom stereocenters. The lowest BCUT2D eigenvalue weighted by Crippen LogP contribution is -2.17. The van der Waals surface area contributed by atoms with Crippen molar-refractivity contribution in [2.24, 2.45) is 0 Å². The molecular formula is C19H15F4NO4.